The zero-order valence-electron chi connectivity index (χ0n) is 9.42. The molecule has 0 fully saturated rings. The number of carbonyl (C=O) groups is 1. The Balaban J connectivity index is 2.33. The van der Waals surface area contributed by atoms with Crippen molar-refractivity contribution >= 4 is 5.91 Å². The van der Waals surface area contributed by atoms with E-state index in [-0.39, 0.29) is 11.8 Å². The van der Waals surface area contributed by atoms with E-state index in [1.54, 1.807) is 17.1 Å². The van der Waals surface area contributed by atoms with Gasteiger partial charge >= 0.3 is 0 Å². The molecule has 0 bridgehead atoms. The third-order valence-corrected chi connectivity index (χ3v) is 2.20. The molecule has 0 saturated heterocycles. The lowest BCUT2D eigenvalue weighted by Crippen LogP contribution is -2.34. The van der Waals surface area contributed by atoms with E-state index < -0.39 is 5.92 Å². The van der Waals surface area contributed by atoms with Gasteiger partial charge in [0.15, 0.2) is 0 Å². The minimum absolute atomic E-state index is 0.0244. The summed E-state index contributed by atoms with van der Waals surface area (Å²) in [4.78, 5) is 11.6. The SMILES string of the molecule is CC(C)C(C#N)C(=O)NCCn1ccnn1. The van der Waals surface area contributed by atoms with Gasteiger partial charge in [0.25, 0.3) is 0 Å². The summed E-state index contributed by atoms with van der Waals surface area (Å²) in [5, 5.41) is 18.9. The standard InChI is InChI=1S/C10H15N5O/c1-8(2)9(7-11)10(16)12-3-5-15-6-4-13-14-15/h4,6,8-9H,3,5H2,1-2H3,(H,12,16). The predicted octanol–water partition coefficient (Wildman–Crippen LogP) is 0.190. The van der Waals surface area contributed by atoms with Crippen LogP contribution in [0.4, 0.5) is 0 Å². The zero-order chi connectivity index (χ0) is 12.0. The summed E-state index contributed by atoms with van der Waals surface area (Å²) in [5.74, 6) is -0.787. The lowest BCUT2D eigenvalue weighted by atomic mass is 9.97. The van der Waals surface area contributed by atoms with Crippen LogP contribution >= 0.6 is 0 Å². The zero-order valence-corrected chi connectivity index (χ0v) is 9.42. The Labute approximate surface area is 94.3 Å². The smallest absolute Gasteiger partial charge is 0.237 e. The van der Waals surface area contributed by atoms with E-state index in [4.69, 9.17) is 5.26 Å². The van der Waals surface area contributed by atoms with Crippen molar-refractivity contribution in [3.05, 3.63) is 12.4 Å². The molecule has 1 N–H and O–H groups in total. The largest absolute Gasteiger partial charge is 0.353 e. The molecule has 0 spiro atoms. The summed E-state index contributed by atoms with van der Waals surface area (Å²) in [6.07, 6.45) is 3.30. The number of hydrogen-bond acceptors (Lipinski definition) is 4. The van der Waals surface area contributed by atoms with Crippen molar-refractivity contribution in [3.8, 4) is 6.07 Å². The van der Waals surface area contributed by atoms with E-state index in [9.17, 15) is 4.79 Å². The number of aromatic nitrogens is 3. The maximum Gasteiger partial charge on any atom is 0.237 e. The summed E-state index contributed by atoms with van der Waals surface area (Å²) in [7, 11) is 0. The van der Waals surface area contributed by atoms with Gasteiger partial charge in [-0.3, -0.25) is 9.48 Å². The molecule has 1 atom stereocenters. The fourth-order valence-corrected chi connectivity index (χ4v) is 1.27. The quantitative estimate of drug-likeness (QED) is 0.769. The Kier molecular flexibility index (Phi) is 4.45. The normalized spacial score (nSPS) is 12.1. The van der Waals surface area contributed by atoms with Crippen molar-refractivity contribution in [3.63, 3.8) is 0 Å². The number of rotatable bonds is 5. The monoisotopic (exact) mass is 221 g/mol. The summed E-state index contributed by atoms with van der Waals surface area (Å²) in [6, 6.07) is 2.00. The fourth-order valence-electron chi connectivity index (χ4n) is 1.27. The van der Waals surface area contributed by atoms with E-state index in [1.807, 2.05) is 19.9 Å². The fraction of sp³-hybridized carbons (Fsp3) is 0.600. The number of nitriles is 1. The van der Waals surface area contributed by atoms with Gasteiger partial charge in [0.05, 0.1) is 18.8 Å². The highest BCUT2D eigenvalue weighted by Crippen LogP contribution is 2.08. The molecule has 16 heavy (non-hydrogen) atoms. The predicted molar refractivity (Wildman–Crippen MR) is 57.0 cm³/mol. The average molecular weight is 221 g/mol. The van der Waals surface area contributed by atoms with Crippen LogP contribution in [0.25, 0.3) is 0 Å². The van der Waals surface area contributed by atoms with Gasteiger partial charge in [-0.25, -0.2) is 0 Å². The lowest BCUT2D eigenvalue weighted by molar-refractivity contribution is -0.124. The Morgan fingerprint density at radius 1 is 1.62 bits per heavy atom. The molecule has 1 unspecified atom stereocenters. The molecule has 0 saturated carbocycles. The number of nitrogens with zero attached hydrogens (tertiary/aromatic N) is 4. The average Bonchev–Trinajstić information content (AvgIpc) is 2.71. The Hall–Kier alpha value is -1.90. The van der Waals surface area contributed by atoms with Crippen molar-refractivity contribution < 1.29 is 4.79 Å². The van der Waals surface area contributed by atoms with Crippen molar-refractivity contribution in [2.24, 2.45) is 11.8 Å². The highest BCUT2D eigenvalue weighted by Gasteiger charge is 2.20. The lowest BCUT2D eigenvalue weighted by Gasteiger charge is -2.12. The second-order valence-electron chi connectivity index (χ2n) is 3.81. The van der Waals surface area contributed by atoms with Crippen LogP contribution in [0.1, 0.15) is 13.8 Å². The summed E-state index contributed by atoms with van der Waals surface area (Å²) >= 11 is 0. The molecule has 1 rings (SSSR count). The maximum absolute atomic E-state index is 11.6. The van der Waals surface area contributed by atoms with E-state index >= 15 is 0 Å². The molecule has 1 aromatic heterocycles. The maximum atomic E-state index is 11.6. The first kappa shape index (κ1) is 12.2. The molecule has 0 aliphatic heterocycles. The first-order valence-corrected chi connectivity index (χ1v) is 5.16. The second-order valence-corrected chi connectivity index (χ2v) is 3.81. The number of carbonyl (C=O) groups excluding carboxylic acids is 1. The molecule has 6 heteroatoms. The molecule has 1 amide bonds. The minimum atomic E-state index is -0.587. The van der Waals surface area contributed by atoms with E-state index in [2.05, 4.69) is 15.6 Å². The summed E-state index contributed by atoms with van der Waals surface area (Å²) < 4.78 is 1.62. The summed E-state index contributed by atoms with van der Waals surface area (Å²) in [6.45, 7) is 4.71. The third kappa shape index (κ3) is 3.35. The first-order chi connectivity index (χ1) is 7.65. The van der Waals surface area contributed by atoms with E-state index in [1.165, 1.54) is 0 Å². The molecular weight excluding hydrogens is 206 g/mol. The van der Waals surface area contributed by atoms with Crippen LogP contribution in [0.3, 0.4) is 0 Å². The highest BCUT2D eigenvalue weighted by molar-refractivity contribution is 5.81. The third-order valence-electron chi connectivity index (χ3n) is 2.20. The van der Waals surface area contributed by atoms with Crippen LogP contribution in [0, 0.1) is 23.2 Å². The second kappa shape index (κ2) is 5.85. The first-order valence-electron chi connectivity index (χ1n) is 5.16. The van der Waals surface area contributed by atoms with Crippen molar-refractivity contribution in [2.75, 3.05) is 6.54 Å². The topological polar surface area (TPSA) is 83.6 Å². The molecule has 6 nitrogen and oxygen atoms in total. The van der Waals surface area contributed by atoms with E-state index in [0.29, 0.717) is 13.1 Å². The van der Waals surface area contributed by atoms with Crippen molar-refractivity contribution in [1.29, 1.82) is 5.26 Å². The van der Waals surface area contributed by atoms with Crippen LogP contribution in [-0.4, -0.2) is 27.4 Å². The molecule has 0 radical (unpaired) electrons. The minimum Gasteiger partial charge on any atom is -0.353 e. The summed E-state index contributed by atoms with van der Waals surface area (Å²) in [5.41, 5.74) is 0. The van der Waals surface area contributed by atoms with Crippen LogP contribution < -0.4 is 5.32 Å². The molecular formula is C10H15N5O. The van der Waals surface area contributed by atoms with Crippen LogP contribution in [0.5, 0.6) is 0 Å². The Morgan fingerprint density at radius 3 is 2.88 bits per heavy atom. The van der Waals surface area contributed by atoms with Crippen molar-refractivity contribution in [1.82, 2.24) is 20.3 Å². The molecule has 0 aromatic carbocycles. The number of nitrogens with one attached hydrogen (secondary N) is 1. The highest BCUT2D eigenvalue weighted by atomic mass is 16.1. The van der Waals surface area contributed by atoms with Gasteiger partial charge < -0.3 is 5.32 Å². The number of amides is 1. The van der Waals surface area contributed by atoms with Gasteiger partial charge in [-0.1, -0.05) is 19.1 Å². The van der Waals surface area contributed by atoms with Gasteiger partial charge in [-0.2, -0.15) is 5.26 Å². The molecule has 86 valence electrons. The van der Waals surface area contributed by atoms with Crippen LogP contribution in [0.15, 0.2) is 12.4 Å². The van der Waals surface area contributed by atoms with Gasteiger partial charge in [-0.15, -0.1) is 5.10 Å². The molecule has 1 heterocycles. The molecule has 0 aliphatic carbocycles. The van der Waals surface area contributed by atoms with Crippen LogP contribution in [0.2, 0.25) is 0 Å². The van der Waals surface area contributed by atoms with E-state index in [0.717, 1.165) is 0 Å². The number of hydrogen-bond donors (Lipinski definition) is 1. The Bertz CT molecular complexity index is 365. The van der Waals surface area contributed by atoms with Crippen LogP contribution in [-0.2, 0) is 11.3 Å². The van der Waals surface area contributed by atoms with Gasteiger partial charge in [0, 0.05) is 12.7 Å². The van der Waals surface area contributed by atoms with Gasteiger partial charge in [0.1, 0.15) is 5.92 Å². The van der Waals surface area contributed by atoms with Gasteiger partial charge in [0.2, 0.25) is 5.91 Å². The Morgan fingerprint density at radius 2 is 2.38 bits per heavy atom. The van der Waals surface area contributed by atoms with Gasteiger partial charge in [-0.05, 0) is 5.92 Å². The molecule has 1 aromatic rings. The molecule has 0 aliphatic rings. The van der Waals surface area contributed by atoms with Crippen molar-refractivity contribution in [2.45, 2.75) is 20.4 Å².